The number of nitrogens with one attached hydrogen (secondary N) is 1. The van der Waals surface area contributed by atoms with E-state index in [2.05, 4.69) is 12.2 Å². The van der Waals surface area contributed by atoms with Gasteiger partial charge in [-0.05, 0) is 42.3 Å². The molecule has 1 N–H and O–H groups in total. The number of benzene rings is 2. The fourth-order valence-electron chi connectivity index (χ4n) is 1.96. The molecule has 0 bridgehead atoms. The molecule has 2 rings (SSSR count). The van der Waals surface area contributed by atoms with Crippen molar-refractivity contribution in [3.63, 3.8) is 0 Å². The van der Waals surface area contributed by atoms with Gasteiger partial charge in [0, 0.05) is 17.6 Å². The van der Waals surface area contributed by atoms with Crippen molar-refractivity contribution in [3.05, 3.63) is 63.6 Å². The first-order chi connectivity index (χ1) is 9.60. The van der Waals surface area contributed by atoms with E-state index in [1.54, 1.807) is 7.11 Å². The Hall–Kier alpha value is -1.22. The van der Waals surface area contributed by atoms with E-state index >= 15 is 0 Å². The van der Waals surface area contributed by atoms with Gasteiger partial charge in [-0.15, -0.1) is 0 Å². The quantitative estimate of drug-likeness (QED) is 0.852. The highest BCUT2D eigenvalue weighted by molar-refractivity contribution is 6.32. The van der Waals surface area contributed by atoms with Crippen LogP contribution >= 0.6 is 23.2 Å². The van der Waals surface area contributed by atoms with E-state index in [4.69, 9.17) is 27.9 Å². The first kappa shape index (κ1) is 15.2. The number of hydrogen-bond acceptors (Lipinski definition) is 2. The Labute approximate surface area is 129 Å². The summed E-state index contributed by atoms with van der Waals surface area (Å²) in [6, 6.07) is 13.9. The van der Waals surface area contributed by atoms with Crippen molar-refractivity contribution in [2.24, 2.45) is 0 Å². The Kier molecular flexibility index (Phi) is 5.30. The monoisotopic (exact) mass is 309 g/mol. The third kappa shape index (κ3) is 3.89. The zero-order valence-corrected chi connectivity index (χ0v) is 13.0. The second-order valence-corrected chi connectivity index (χ2v) is 5.47. The van der Waals surface area contributed by atoms with E-state index in [0.29, 0.717) is 10.8 Å². The molecule has 0 fully saturated rings. The molecule has 2 aromatic rings. The van der Waals surface area contributed by atoms with Crippen LogP contribution in [0.2, 0.25) is 10.0 Å². The molecule has 0 aliphatic carbocycles. The van der Waals surface area contributed by atoms with Crippen LogP contribution in [-0.4, -0.2) is 7.11 Å². The highest BCUT2D eigenvalue weighted by atomic mass is 35.5. The van der Waals surface area contributed by atoms with Crippen molar-refractivity contribution < 1.29 is 4.74 Å². The smallest absolute Gasteiger partial charge is 0.137 e. The largest absolute Gasteiger partial charge is 0.495 e. The molecule has 106 valence electrons. The van der Waals surface area contributed by atoms with Crippen molar-refractivity contribution in [3.8, 4) is 5.75 Å². The summed E-state index contributed by atoms with van der Waals surface area (Å²) in [5.41, 5.74) is 2.32. The Bertz CT molecular complexity index is 569. The van der Waals surface area contributed by atoms with Crippen molar-refractivity contribution in [2.45, 2.75) is 19.5 Å². The van der Waals surface area contributed by atoms with Crippen LogP contribution in [0.15, 0.2) is 42.5 Å². The van der Waals surface area contributed by atoms with E-state index in [9.17, 15) is 0 Å². The lowest BCUT2D eigenvalue weighted by Crippen LogP contribution is -2.18. The molecule has 0 saturated carbocycles. The molecule has 0 amide bonds. The fourth-order valence-corrected chi connectivity index (χ4v) is 2.37. The summed E-state index contributed by atoms with van der Waals surface area (Å²) in [5, 5.41) is 4.84. The molecule has 0 radical (unpaired) electrons. The van der Waals surface area contributed by atoms with E-state index in [1.807, 2.05) is 42.5 Å². The summed E-state index contributed by atoms with van der Waals surface area (Å²) in [7, 11) is 1.61. The number of hydrogen-bond donors (Lipinski definition) is 1. The highest BCUT2D eigenvalue weighted by Crippen LogP contribution is 2.25. The third-order valence-electron chi connectivity index (χ3n) is 3.20. The van der Waals surface area contributed by atoms with E-state index < -0.39 is 0 Å². The van der Waals surface area contributed by atoms with E-state index in [0.717, 1.165) is 17.1 Å². The maximum atomic E-state index is 6.11. The summed E-state index contributed by atoms with van der Waals surface area (Å²) < 4.78 is 5.14. The lowest BCUT2D eigenvalue weighted by atomic mass is 10.1. The topological polar surface area (TPSA) is 21.3 Å². The molecule has 0 saturated heterocycles. The molecule has 0 heterocycles. The highest BCUT2D eigenvalue weighted by Gasteiger charge is 2.06. The summed E-state index contributed by atoms with van der Waals surface area (Å²) >= 11 is 12.0. The molecule has 2 nitrogen and oxygen atoms in total. The van der Waals surface area contributed by atoms with Gasteiger partial charge in [0.25, 0.3) is 0 Å². The molecular weight excluding hydrogens is 293 g/mol. The molecule has 0 aliphatic heterocycles. The molecular formula is C16H17Cl2NO. The number of methoxy groups -OCH3 is 1. The minimum absolute atomic E-state index is 0.244. The van der Waals surface area contributed by atoms with Crippen LogP contribution < -0.4 is 10.1 Å². The molecule has 4 heteroatoms. The molecule has 1 atom stereocenters. The van der Waals surface area contributed by atoms with Gasteiger partial charge in [0.1, 0.15) is 5.75 Å². The van der Waals surface area contributed by atoms with Gasteiger partial charge < -0.3 is 10.1 Å². The average molecular weight is 310 g/mol. The van der Waals surface area contributed by atoms with Gasteiger partial charge >= 0.3 is 0 Å². The van der Waals surface area contributed by atoms with Crippen molar-refractivity contribution in [1.82, 2.24) is 5.32 Å². The Morgan fingerprint density at radius 1 is 1.10 bits per heavy atom. The maximum absolute atomic E-state index is 6.11. The lowest BCUT2D eigenvalue weighted by molar-refractivity contribution is 0.414. The van der Waals surface area contributed by atoms with Gasteiger partial charge in [-0.2, -0.15) is 0 Å². The van der Waals surface area contributed by atoms with Gasteiger partial charge in [0.15, 0.2) is 0 Å². The predicted octanol–water partition coefficient (Wildman–Crippen LogP) is 4.85. The Morgan fingerprint density at radius 2 is 1.80 bits per heavy atom. The third-order valence-corrected chi connectivity index (χ3v) is 3.75. The first-order valence-electron chi connectivity index (χ1n) is 6.41. The van der Waals surface area contributed by atoms with Crippen LogP contribution in [0.5, 0.6) is 5.75 Å². The van der Waals surface area contributed by atoms with Crippen molar-refractivity contribution >= 4 is 23.2 Å². The molecule has 1 unspecified atom stereocenters. The average Bonchev–Trinajstić information content (AvgIpc) is 2.45. The second-order valence-electron chi connectivity index (χ2n) is 4.62. The van der Waals surface area contributed by atoms with Crippen LogP contribution in [0.4, 0.5) is 0 Å². The van der Waals surface area contributed by atoms with Gasteiger partial charge in [-0.25, -0.2) is 0 Å². The van der Waals surface area contributed by atoms with Crippen molar-refractivity contribution in [1.29, 1.82) is 0 Å². The van der Waals surface area contributed by atoms with Crippen molar-refractivity contribution in [2.75, 3.05) is 7.11 Å². The summed E-state index contributed by atoms with van der Waals surface area (Å²) in [6.45, 7) is 2.86. The normalized spacial score (nSPS) is 12.2. The number of ether oxygens (including phenoxy) is 1. The number of rotatable bonds is 5. The minimum atomic E-state index is 0.244. The van der Waals surface area contributed by atoms with Crippen LogP contribution in [0, 0.1) is 0 Å². The fraction of sp³-hybridized carbons (Fsp3) is 0.250. The molecule has 2 aromatic carbocycles. The van der Waals surface area contributed by atoms with Gasteiger partial charge in [0.2, 0.25) is 0 Å². The lowest BCUT2D eigenvalue weighted by Gasteiger charge is -2.15. The standard InChI is InChI=1S/C16H17Cl2NO/c1-11(13-4-6-14(17)7-5-13)19-10-12-3-8-16(20-2)15(18)9-12/h3-9,11,19H,10H2,1-2H3. The van der Waals surface area contributed by atoms with Crippen LogP contribution in [0.1, 0.15) is 24.1 Å². The SMILES string of the molecule is COc1ccc(CNC(C)c2ccc(Cl)cc2)cc1Cl. The number of halogens is 2. The summed E-state index contributed by atoms with van der Waals surface area (Å²) in [4.78, 5) is 0. The molecule has 20 heavy (non-hydrogen) atoms. The zero-order chi connectivity index (χ0) is 14.5. The van der Waals surface area contributed by atoms with Crippen LogP contribution in [0.3, 0.4) is 0 Å². The van der Waals surface area contributed by atoms with Crippen LogP contribution in [-0.2, 0) is 6.54 Å². The van der Waals surface area contributed by atoms with Gasteiger partial charge in [-0.3, -0.25) is 0 Å². The van der Waals surface area contributed by atoms with Gasteiger partial charge in [-0.1, -0.05) is 41.4 Å². The second kappa shape index (κ2) is 6.98. The van der Waals surface area contributed by atoms with E-state index in [-0.39, 0.29) is 6.04 Å². The Morgan fingerprint density at radius 3 is 2.40 bits per heavy atom. The first-order valence-corrected chi connectivity index (χ1v) is 7.17. The zero-order valence-electron chi connectivity index (χ0n) is 11.5. The predicted molar refractivity (Wildman–Crippen MR) is 84.7 cm³/mol. The van der Waals surface area contributed by atoms with Crippen LogP contribution in [0.25, 0.3) is 0 Å². The maximum Gasteiger partial charge on any atom is 0.137 e. The molecule has 0 aliphatic rings. The van der Waals surface area contributed by atoms with Gasteiger partial charge in [0.05, 0.1) is 12.1 Å². The summed E-state index contributed by atoms with van der Waals surface area (Å²) in [5.74, 6) is 0.696. The van der Waals surface area contributed by atoms with E-state index in [1.165, 1.54) is 5.56 Å². The molecule has 0 aromatic heterocycles. The minimum Gasteiger partial charge on any atom is -0.495 e. The summed E-state index contributed by atoms with van der Waals surface area (Å²) in [6.07, 6.45) is 0. The Balaban J connectivity index is 1.97. The molecule has 0 spiro atoms.